The van der Waals surface area contributed by atoms with Crippen molar-refractivity contribution in [1.82, 2.24) is 20.0 Å². The van der Waals surface area contributed by atoms with Crippen LogP contribution in [-0.4, -0.2) is 39.7 Å². The van der Waals surface area contributed by atoms with E-state index in [1.807, 2.05) is 6.08 Å². The van der Waals surface area contributed by atoms with Crippen LogP contribution in [0.5, 0.6) is 0 Å². The molecule has 2 aromatic heterocycles. The summed E-state index contributed by atoms with van der Waals surface area (Å²) in [7, 11) is 0. The van der Waals surface area contributed by atoms with Gasteiger partial charge in [-0.15, -0.1) is 11.3 Å². The van der Waals surface area contributed by atoms with Gasteiger partial charge in [-0.3, -0.25) is 9.48 Å². The maximum absolute atomic E-state index is 15.5. The second-order valence-electron chi connectivity index (χ2n) is 10.2. The molecule has 4 heterocycles. The van der Waals surface area contributed by atoms with E-state index in [1.165, 1.54) is 29.7 Å². The summed E-state index contributed by atoms with van der Waals surface area (Å²) in [5.41, 5.74) is -0.665. The lowest BCUT2D eigenvalue weighted by Crippen LogP contribution is -2.37. The number of carbonyl (C=O) groups is 1. The molecule has 1 fully saturated rings. The van der Waals surface area contributed by atoms with Crippen LogP contribution in [0.25, 0.3) is 11.1 Å². The van der Waals surface area contributed by atoms with Crippen LogP contribution in [0, 0.1) is 23.1 Å². The Bertz CT molecular complexity index is 1480. The Morgan fingerprint density at radius 1 is 1.30 bits per heavy atom. The molecular formula is C29H29F4N5OS. The maximum Gasteiger partial charge on any atom is 0.435 e. The molecule has 1 aromatic carbocycles. The summed E-state index contributed by atoms with van der Waals surface area (Å²) in [6.07, 6.45) is 1.83. The standard InChI is InChI=1S/C29H29F4N5OS/c1-3-17-10-18(35-13-17)8-9-26(39)37-14-22(21-11-19(12-34)40-25(21)16-37)20-6-5-7-24(30)27(20)23-15-38(4-2)36-28(23)29(31,32)33/h5-9,11,15,17-18,22,35H,3-4,10,13-14,16H2,1-2H3/b9-8+/t17-,18?,22+/m1/s1. The average Bonchev–Trinajstić information content (AvgIpc) is 3.68. The minimum atomic E-state index is -4.79. The van der Waals surface area contributed by atoms with Crippen molar-refractivity contribution in [2.24, 2.45) is 5.92 Å². The molecule has 2 aliphatic heterocycles. The molecular weight excluding hydrogens is 542 g/mol. The van der Waals surface area contributed by atoms with Crippen LogP contribution >= 0.6 is 11.3 Å². The Balaban J connectivity index is 1.56. The van der Waals surface area contributed by atoms with Crippen LogP contribution in [0.2, 0.25) is 0 Å². The average molecular weight is 572 g/mol. The van der Waals surface area contributed by atoms with E-state index in [2.05, 4.69) is 23.4 Å². The van der Waals surface area contributed by atoms with E-state index >= 15 is 4.39 Å². The molecule has 0 saturated carbocycles. The normalized spacial score (nSPS) is 21.1. The Labute approximate surface area is 233 Å². The zero-order chi connectivity index (χ0) is 28.6. The summed E-state index contributed by atoms with van der Waals surface area (Å²) in [4.78, 5) is 16.1. The number of benzene rings is 1. The van der Waals surface area contributed by atoms with Crippen LogP contribution in [0.3, 0.4) is 0 Å². The van der Waals surface area contributed by atoms with Crippen molar-refractivity contribution in [3.8, 4) is 17.2 Å². The monoisotopic (exact) mass is 571 g/mol. The zero-order valence-electron chi connectivity index (χ0n) is 22.1. The minimum Gasteiger partial charge on any atom is -0.333 e. The van der Waals surface area contributed by atoms with Gasteiger partial charge in [-0.2, -0.15) is 23.5 Å². The smallest absolute Gasteiger partial charge is 0.333 e. The minimum absolute atomic E-state index is 0.0997. The highest BCUT2D eigenvalue weighted by molar-refractivity contribution is 7.12. The van der Waals surface area contributed by atoms with E-state index in [1.54, 1.807) is 24.0 Å². The third kappa shape index (κ3) is 5.43. The van der Waals surface area contributed by atoms with Crippen molar-refractivity contribution in [3.05, 3.63) is 75.0 Å². The third-order valence-electron chi connectivity index (χ3n) is 7.73. The number of aryl methyl sites for hydroxylation is 1. The van der Waals surface area contributed by atoms with Crippen molar-refractivity contribution in [2.75, 3.05) is 13.1 Å². The van der Waals surface area contributed by atoms with Crippen molar-refractivity contribution >= 4 is 17.2 Å². The van der Waals surface area contributed by atoms with Gasteiger partial charge >= 0.3 is 6.18 Å². The largest absolute Gasteiger partial charge is 0.435 e. The number of amides is 1. The van der Waals surface area contributed by atoms with E-state index in [4.69, 9.17) is 0 Å². The van der Waals surface area contributed by atoms with E-state index in [0.717, 1.165) is 40.6 Å². The fourth-order valence-corrected chi connectivity index (χ4v) is 6.64. The van der Waals surface area contributed by atoms with Crippen LogP contribution in [0.15, 0.2) is 42.6 Å². The van der Waals surface area contributed by atoms with Gasteiger partial charge in [0, 0.05) is 53.3 Å². The molecule has 1 saturated heterocycles. The molecule has 0 aliphatic carbocycles. The highest BCUT2D eigenvalue weighted by atomic mass is 32.1. The fraction of sp³-hybridized carbons (Fsp3) is 0.414. The van der Waals surface area contributed by atoms with E-state index in [9.17, 15) is 23.2 Å². The molecule has 0 bridgehead atoms. The number of nitrogens with one attached hydrogen (secondary N) is 1. The van der Waals surface area contributed by atoms with Crippen LogP contribution < -0.4 is 5.32 Å². The van der Waals surface area contributed by atoms with Crippen molar-refractivity contribution in [2.45, 2.75) is 57.9 Å². The van der Waals surface area contributed by atoms with Gasteiger partial charge in [-0.1, -0.05) is 31.6 Å². The molecule has 1 N–H and O–H groups in total. The maximum atomic E-state index is 15.5. The number of aromatic nitrogens is 2. The summed E-state index contributed by atoms with van der Waals surface area (Å²) in [5, 5.41) is 16.7. The van der Waals surface area contributed by atoms with Gasteiger partial charge in [0.15, 0.2) is 5.69 Å². The summed E-state index contributed by atoms with van der Waals surface area (Å²) in [6.45, 7) is 5.27. The van der Waals surface area contributed by atoms with Crippen LogP contribution in [0.4, 0.5) is 17.6 Å². The summed E-state index contributed by atoms with van der Waals surface area (Å²) >= 11 is 1.24. The third-order valence-corrected chi connectivity index (χ3v) is 8.77. The van der Waals surface area contributed by atoms with Gasteiger partial charge in [-0.25, -0.2) is 4.39 Å². The molecule has 1 amide bonds. The highest BCUT2D eigenvalue weighted by Crippen LogP contribution is 2.45. The Morgan fingerprint density at radius 2 is 2.10 bits per heavy atom. The number of alkyl halides is 3. The predicted octanol–water partition coefficient (Wildman–Crippen LogP) is 6.08. The molecule has 2 aliphatic rings. The molecule has 3 aromatic rings. The number of fused-ring (bicyclic) bond motifs is 1. The summed E-state index contributed by atoms with van der Waals surface area (Å²) < 4.78 is 58.6. The second kappa shape index (κ2) is 11.2. The first-order chi connectivity index (χ1) is 19.1. The molecule has 1 unspecified atom stereocenters. The summed E-state index contributed by atoms with van der Waals surface area (Å²) in [5.74, 6) is -1.12. The SMILES string of the molecule is CC[C@H]1CNC(/C=C/C(=O)N2Cc3sc(C#N)cc3[C@H](c3cccc(F)c3-c3cn(CC)nc3C(F)(F)F)C2)C1. The van der Waals surface area contributed by atoms with Gasteiger partial charge in [-0.05, 0) is 49.1 Å². The molecule has 0 radical (unpaired) electrons. The number of rotatable bonds is 6. The van der Waals surface area contributed by atoms with Gasteiger partial charge < -0.3 is 10.2 Å². The first-order valence-electron chi connectivity index (χ1n) is 13.3. The molecule has 6 nitrogen and oxygen atoms in total. The van der Waals surface area contributed by atoms with Gasteiger partial charge in [0.25, 0.3) is 0 Å². The number of thiophene rings is 1. The van der Waals surface area contributed by atoms with Crippen molar-refractivity contribution in [3.63, 3.8) is 0 Å². The number of nitrogens with zero attached hydrogens (tertiary/aromatic N) is 4. The molecule has 11 heteroatoms. The number of hydrogen-bond donors (Lipinski definition) is 1. The lowest BCUT2D eigenvalue weighted by Gasteiger charge is -2.33. The molecule has 40 heavy (non-hydrogen) atoms. The molecule has 210 valence electrons. The molecule has 5 rings (SSSR count). The van der Waals surface area contributed by atoms with Gasteiger partial charge in [0.1, 0.15) is 16.8 Å². The van der Waals surface area contributed by atoms with E-state index < -0.39 is 23.6 Å². The molecule has 3 atom stereocenters. The van der Waals surface area contributed by atoms with E-state index in [-0.39, 0.29) is 42.7 Å². The highest BCUT2D eigenvalue weighted by Gasteiger charge is 2.40. The van der Waals surface area contributed by atoms with Crippen LogP contribution in [-0.2, 0) is 24.1 Å². The first-order valence-corrected chi connectivity index (χ1v) is 14.1. The fourth-order valence-electron chi connectivity index (χ4n) is 5.60. The predicted molar refractivity (Wildman–Crippen MR) is 144 cm³/mol. The number of halogens is 4. The Hall–Kier alpha value is -3.49. The number of nitriles is 1. The topological polar surface area (TPSA) is 74.0 Å². The summed E-state index contributed by atoms with van der Waals surface area (Å²) in [6, 6.07) is 8.11. The zero-order valence-corrected chi connectivity index (χ0v) is 22.9. The van der Waals surface area contributed by atoms with Crippen molar-refractivity contribution in [1.29, 1.82) is 5.26 Å². The molecule has 0 spiro atoms. The quantitative estimate of drug-likeness (QED) is 0.288. The number of hydrogen-bond acceptors (Lipinski definition) is 5. The van der Waals surface area contributed by atoms with Crippen molar-refractivity contribution < 1.29 is 22.4 Å². The van der Waals surface area contributed by atoms with Gasteiger partial charge in [0.2, 0.25) is 5.91 Å². The van der Waals surface area contributed by atoms with Crippen LogP contribution in [0.1, 0.15) is 59.2 Å². The first kappa shape index (κ1) is 28.1. The Morgan fingerprint density at radius 3 is 2.77 bits per heavy atom. The second-order valence-corrected chi connectivity index (χ2v) is 11.3. The lowest BCUT2D eigenvalue weighted by molar-refractivity contribution is -0.141. The Kier molecular flexibility index (Phi) is 7.84. The van der Waals surface area contributed by atoms with E-state index in [0.29, 0.717) is 16.4 Å². The van der Waals surface area contributed by atoms with Gasteiger partial charge in [0.05, 0.1) is 6.54 Å². The number of carbonyl (C=O) groups excluding carboxylic acids is 1. The lowest BCUT2D eigenvalue weighted by atomic mass is 9.83.